The lowest BCUT2D eigenvalue weighted by molar-refractivity contribution is -0.155. The van der Waals surface area contributed by atoms with Gasteiger partial charge in [-0.1, -0.05) is 15.9 Å². The molecule has 0 aliphatic carbocycles. The van der Waals surface area contributed by atoms with Crippen LogP contribution >= 0.6 is 15.9 Å². The number of rotatable bonds is 3. The normalized spacial score (nSPS) is 17.3. The number of carbonyl (C=O) groups is 3. The standard InChI is InChI=1S/C12H10BrNO5/c1-12(19,11(17)18)5-14-8-4-6(13)2-3-7(8)9(15)10(14)16/h2-4,19H,5H2,1H3,(H,17,18). The number of carboxylic acids is 1. The van der Waals surface area contributed by atoms with E-state index in [-0.39, 0.29) is 5.56 Å². The fourth-order valence-electron chi connectivity index (χ4n) is 1.80. The molecule has 1 atom stereocenters. The van der Waals surface area contributed by atoms with Gasteiger partial charge in [-0.05, 0) is 25.1 Å². The summed E-state index contributed by atoms with van der Waals surface area (Å²) in [6.45, 7) is 0.583. The van der Waals surface area contributed by atoms with E-state index in [9.17, 15) is 19.5 Å². The van der Waals surface area contributed by atoms with E-state index in [1.165, 1.54) is 12.1 Å². The van der Waals surface area contributed by atoms with Crippen LogP contribution in [0, 0.1) is 0 Å². The highest BCUT2D eigenvalue weighted by molar-refractivity contribution is 9.10. The van der Waals surface area contributed by atoms with E-state index < -0.39 is 29.8 Å². The maximum Gasteiger partial charge on any atom is 0.337 e. The summed E-state index contributed by atoms with van der Waals surface area (Å²) in [6, 6.07) is 4.63. The SMILES string of the molecule is CC(O)(CN1C(=O)C(=O)c2ccc(Br)cc21)C(=O)O. The number of hydrogen-bond donors (Lipinski definition) is 2. The summed E-state index contributed by atoms with van der Waals surface area (Å²) in [4.78, 5) is 35.4. The molecule has 19 heavy (non-hydrogen) atoms. The van der Waals surface area contributed by atoms with Crippen LogP contribution in [0.2, 0.25) is 0 Å². The van der Waals surface area contributed by atoms with E-state index in [4.69, 9.17) is 5.11 Å². The molecule has 0 saturated heterocycles. The lowest BCUT2D eigenvalue weighted by Gasteiger charge is -2.25. The fraction of sp³-hybridized carbons (Fsp3) is 0.250. The molecule has 1 amide bonds. The Hall–Kier alpha value is -1.73. The van der Waals surface area contributed by atoms with Gasteiger partial charge in [0.2, 0.25) is 0 Å². The Labute approximate surface area is 116 Å². The summed E-state index contributed by atoms with van der Waals surface area (Å²) < 4.78 is 0.647. The van der Waals surface area contributed by atoms with Crippen LogP contribution in [0.3, 0.4) is 0 Å². The van der Waals surface area contributed by atoms with Crippen molar-refractivity contribution in [2.75, 3.05) is 11.4 Å². The summed E-state index contributed by atoms with van der Waals surface area (Å²) in [5, 5.41) is 18.6. The zero-order chi connectivity index (χ0) is 14.4. The molecule has 0 bridgehead atoms. The number of fused-ring (bicyclic) bond motifs is 1. The predicted octanol–water partition coefficient (Wildman–Crippen LogP) is 0.814. The molecule has 1 aliphatic rings. The number of aliphatic carboxylic acids is 1. The van der Waals surface area contributed by atoms with Gasteiger partial charge in [-0.3, -0.25) is 9.59 Å². The van der Waals surface area contributed by atoms with Crippen LogP contribution in [-0.2, 0) is 9.59 Å². The molecule has 1 aromatic rings. The number of amides is 1. The summed E-state index contributed by atoms with van der Waals surface area (Å²) >= 11 is 3.21. The smallest absolute Gasteiger partial charge is 0.337 e. The van der Waals surface area contributed by atoms with Crippen molar-refractivity contribution >= 4 is 39.3 Å². The summed E-state index contributed by atoms with van der Waals surface area (Å²) in [5.41, 5.74) is -1.62. The lowest BCUT2D eigenvalue weighted by Crippen LogP contribution is -2.48. The molecular formula is C12H10BrNO5. The largest absolute Gasteiger partial charge is 0.479 e. The number of nitrogens with zero attached hydrogens (tertiary/aromatic N) is 1. The van der Waals surface area contributed by atoms with Crippen LogP contribution in [0.1, 0.15) is 17.3 Å². The first kappa shape index (κ1) is 13.7. The maximum absolute atomic E-state index is 11.8. The van der Waals surface area contributed by atoms with Crippen LogP contribution < -0.4 is 4.90 Å². The van der Waals surface area contributed by atoms with Gasteiger partial charge in [-0.15, -0.1) is 0 Å². The minimum Gasteiger partial charge on any atom is -0.479 e. The second kappa shape index (κ2) is 4.43. The number of hydrogen-bond acceptors (Lipinski definition) is 4. The van der Waals surface area contributed by atoms with Gasteiger partial charge >= 0.3 is 5.97 Å². The fourth-order valence-corrected chi connectivity index (χ4v) is 2.15. The van der Waals surface area contributed by atoms with Crippen molar-refractivity contribution in [3.63, 3.8) is 0 Å². The van der Waals surface area contributed by atoms with Gasteiger partial charge in [0, 0.05) is 4.47 Å². The van der Waals surface area contributed by atoms with Crippen LogP contribution in [0.15, 0.2) is 22.7 Å². The van der Waals surface area contributed by atoms with Crippen LogP contribution in [0.4, 0.5) is 5.69 Å². The highest BCUT2D eigenvalue weighted by atomic mass is 79.9. The van der Waals surface area contributed by atoms with Gasteiger partial charge in [0.05, 0.1) is 17.8 Å². The van der Waals surface area contributed by atoms with Crippen molar-refractivity contribution in [3.05, 3.63) is 28.2 Å². The molecular weight excluding hydrogens is 318 g/mol. The molecule has 100 valence electrons. The predicted molar refractivity (Wildman–Crippen MR) is 69.1 cm³/mol. The number of carbonyl (C=O) groups excluding carboxylic acids is 2. The van der Waals surface area contributed by atoms with Gasteiger partial charge in [-0.25, -0.2) is 4.79 Å². The molecule has 0 radical (unpaired) electrons. The third kappa shape index (κ3) is 2.26. The van der Waals surface area contributed by atoms with E-state index in [0.29, 0.717) is 10.2 Å². The Bertz CT molecular complexity index is 596. The maximum atomic E-state index is 11.8. The van der Waals surface area contributed by atoms with Gasteiger partial charge in [0.25, 0.3) is 11.7 Å². The number of Topliss-reactive ketones (excluding diaryl/α,β-unsaturated/α-hetero) is 1. The third-order valence-electron chi connectivity index (χ3n) is 2.86. The summed E-state index contributed by atoms with van der Waals surface area (Å²) in [6.07, 6.45) is 0. The van der Waals surface area contributed by atoms with Crippen LogP contribution in [0.5, 0.6) is 0 Å². The molecule has 1 unspecified atom stereocenters. The molecule has 7 heteroatoms. The number of aliphatic hydroxyl groups is 1. The number of β-amino-alcohol motifs (C(OH)–C–C–N with tert-alkyl or cyclic N) is 1. The molecule has 1 heterocycles. The van der Waals surface area contributed by atoms with Gasteiger partial charge in [0.15, 0.2) is 5.60 Å². The van der Waals surface area contributed by atoms with Crippen molar-refractivity contribution in [2.24, 2.45) is 0 Å². The lowest BCUT2D eigenvalue weighted by atomic mass is 10.1. The van der Waals surface area contributed by atoms with Gasteiger partial charge in [-0.2, -0.15) is 0 Å². The Morgan fingerprint density at radius 2 is 2.05 bits per heavy atom. The van der Waals surface area contributed by atoms with E-state index >= 15 is 0 Å². The van der Waals surface area contributed by atoms with Crippen LogP contribution in [-0.4, -0.2) is 40.0 Å². The Kier molecular flexibility index (Phi) is 3.19. The first-order chi connectivity index (χ1) is 8.74. The van der Waals surface area contributed by atoms with E-state index in [0.717, 1.165) is 11.8 Å². The second-order valence-corrected chi connectivity index (χ2v) is 5.38. The van der Waals surface area contributed by atoms with Crippen molar-refractivity contribution in [2.45, 2.75) is 12.5 Å². The number of benzene rings is 1. The molecule has 6 nitrogen and oxygen atoms in total. The highest BCUT2D eigenvalue weighted by Gasteiger charge is 2.42. The molecule has 0 fully saturated rings. The van der Waals surface area contributed by atoms with E-state index in [1.54, 1.807) is 6.07 Å². The highest BCUT2D eigenvalue weighted by Crippen LogP contribution is 2.32. The van der Waals surface area contributed by atoms with Crippen molar-refractivity contribution in [1.82, 2.24) is 0 Å². The first-order valence-electron chi connectivity index (χ1n) is 5.35. The quantitative estimate of drug-likeness (QED) is 0.801. The summed E-state index contributed by atoms with van der Waals surface area (Å²) in [5.74, 6) is -3.01. The van der Waals surface area contributed by atoms with Crippen molar-refractivity contribution < 1.29 is 24.6 Å². The van der Waals surface area contributed by atoms with Crippen LogP contribution in [0.25, 0.3) is 0 Å². The van der Waals surface area contributed by atoms with E-state index in [2.05, 4.69) is 15.9 Å². The molecule has 0 spiro atoms. The molecule has 1 aliphatic heterocycles. The monoisotopic (exact) mass is 327 g/mol. The van der Waals surface area contributed by atoms with Gasteiger partial charge < -0.3 is 15.1 Å². The second-order valence-electron chi connectivity index (χ2n) is 4.46. The molecule has 2 rings (SSSR count). The first-order valence-corrected chi connectivity index (χ1v) is 6.15. The van der Waals surface area contributed by atoms with Gasteiger partial charge in [0.1, 0.15) is 0 Å². The molecule has 1 aromatic carbocycles. The van der Waals surface area contributed by atoms with E-state index in [1.807, 2.05) is 0 Å². The Morgan fingerprint density at radius 1 is 1.42 bits per heavy atom. The third-order valence-corrected chi connectivity index (χ3v) is 3.35. The summed E-state index contributed by atoms with van der Waals surface area (Å²) in [7, 11) is 0. The zero-order valence-corrected chi connectivity index (χ0v) is 11.5. The average Bonchev–Trinajstić information content (AvgIpc) is 2.54. The zero-order valence-electron chi connectivity index (χ0n) is 9.88. The topological polar surface area (TPSA) is 94.9 Å². The Balaban J connectivity index is 2.44. The van der Waals surface area contributed by atoms with Crippen molar-refractivity contribution in [3.8, 4) is 0 Å². The number of carboxylic acid groups (broad SMARTS) is 1. The Morgan fingerprint density at radius 3 is 2.63 bits per heavy atom. The number of anilines is 1. The molecule has 0 saturated carbocycles. The minimum atomic E-state index is -2.13. The minimum absolute atomic E-state index is 0.203. The molecule has 0 aromatic heterocycles. The average molecular weight is 328 g/mol. The number of halogens is 1. The molecule has 2 N–H and O–H groups in total. The number of ketones is 1. The van der Waals surface area contributed by atoms with Crippen molar-refractivity contribution in [1.29, 1.82) is 0 Å².